The molecule has 0 aromatic heterocycles. The summed E-state index contributed by atoms with van der Waals surface area (Å²) in [4.78, 5) is 17.9. The Bertz CT molecular complexity index is 1200. The van der Waals surface area contributed by atoms with E-state index in [4.69, 9.17) is 11.6 Å². The fraction of sp³-hybridized carbons (Fsp3) is 0.300. The molecule has 12 heteroatoms. The Morgan fingerprint density at radius 1 is 1.16 bits per heavy atom. The molecule has 0 radical (unpaired) electrons. The highest BCUT2D eigenvalue weighted by molar-refractivity contribution is 8.16. The highest BCUT2D eigenvalue weighted by Gasteiger charge is 2.50. The average Bonchev–Trinajstić information content (AvgIpc) is 3.14. The number of thioether (sulfide) groups is 1. The van der Waals surface area contributed by atoms with E-state index in [2.05, 4.69) is 4.99 Å². The summed E-state index contributed by atoms with van der Waals surface area (Å²) in [5.41, 5.74) is -0.509. The second-order valence-corrected chi connectivity index (χ2v) is 11.2. The minimum absolute atomic E-state index is 0.0257. The molecule has 4 rings (SSSR count). The highest BCUT2D eigenvalue weighted by atomic mass is 35.5. The molecule has 2 saturated heterocycles. The molecule has 5 nitrogen and oxygen atoms in total. The van der Waals surface area contributed by atoms with Gasteiger partial charge in [-0.05, 0) is 35.9 Å². The first kappa shape index (κ1) is 23.1. The van der Waals surface area contributed by atoms with Gasteiger partial charge < -0.3 is 4.90 Å². The molecule has 0 unspecified atom stereocenters. The molecule has 170 valence electrons. The van der Waals surface area contributed by atoms with Crippen LogP contribution < -0.4 is 4.90 Å². The van der Waals surface area contributed by atoms with E-state index in [9.17, 15) is 30.8 Å². The predicted molar refractivity (Wildman–Crippen MR) is 115 cm³/mol. The maximum atomic E-state index is 13.3. The SMILES string of the molecule is O=C(Cc1ccc(F)cc1)N=C1S[C@@H]2CS(=O)(=O)C[C@@H]2N1c1cc(C(F)(F)F)ccc1Cl. The van der Waals surface area contributed by atoms with E-state index in [0.717, 1.165) is 30.0 Å². The Balaban J connectivity index is 1.71. The van der Waals surface area contributed by atoms with Gasteiger partial charge in [0.2, 0.25) is 0 Å². The lowest BCUT2D eigenvalue weighted by atomic mass is 10.1. The van der Waals surface area contributed by atoms with E-state index < -0.39 is 44.6 Å². The normalized spacial score (nSPS) is 23.5. The molecule has 32 heavy (non-hydrogen) atoms. The molecule has 0 N–H and O–H groups in total. The number of benzene rings is 2. The molecule has 2 aromatic carbocycles. The van der Waals surface area contributed by atoms with Crippen LogP contribution in [0.3, 0.4) is 0 Å². The topological polar surface area (TPSA) is 66.8 Å². The number of halogens is 5. The zero-order chi connectivity index (χ0) is 23.3. The fourth-order valence-electron chi connectivity index (χ4n) is 3.64. The number of hydrogen-bond donors (Lipinski definition) is 0. The number of fused-ring (bicyclic) bond motifs is 1. The molecule has 2 atom stereocenters. The fourth-order valence-corrected chi connectivity index (χ4v) is 7.78. The Hall–Kier alpha value is -2.11. The Kier molecular flexibility index (Phi) is 6.01. The number of amidine groups is 1. The van der Waals surface area contributed by atoms with Crippen molar-refractivity contribution in [2.45, 2.75) is 23.9 Å². The zero-order valence-corrected chi connectivity index (χ0v) is 18.5. The van der Waals surface area contributed by atoms with Crippen LogP contribution in [0.4, 0.5) is 23.2 Å². The molecular weight excluding hydrogens is 492 g/mol. The molecule has 0 bridgehead atoms. The van der Waals surface area contributed by atoms with Crippen LogP contribution in [-0.2, 0) is 27.2 Å². The lowest BCUT2D eigenvalue weighted by molar-refractivity contribution is -0.137. The molecule has 2 aliphatic heterocycles. The van der Waals surface area contributed by atoms with Crippen molar-refractivity contribution in [1.29, 1.82) is 0 Å². The summed E-state index contributed by atoms with van der Waals surface area (Å²) in [5.74, 6) is -1.53. The summed E-state index contributed by atoms with van der Waals surface area (Å²) in [6, 6.07) is 7.29. The summed E-state index contributed by atoms with van der Waals surface area (Å²) >= 11 is 7.22. The lowest BCUT2D eigenvalue weighted by Crippen LogP contribution is -2.38. The molecule has 2 aliphatic rings. The van der Waals surface area contributed by atoms with Gasteiger partial charge in [0, 0.05) is 5.25 Å². The quantitative estimate of drug-likeness (QED) is 0.579. The van der Waals surface area contributed by atoms with E-state index in [0.29, 0.717) is 5.56 Å². The third-order valence-corrected chi connectivity index (χ3v) is 8.62. The van der Waals surface area contributed by atoms with E-state index in [1.807, 2.05) is 0 Å². The van der Waals surface area contributed by atoms with Crippen molar-refractivity contribution in [3.8, 4) is 0 Å². The minimum Gasteiger partial charge on any atom is -0.314 e. The minimum atomic E-state index is -4.64. The third kappa shape index (κ3) is 4.79. The van der Waals surface area contributed by atoms with E-state index in [1.54, 1.807) is 0 Å². The second-order valence-electron chi connectivity index (χ2n) is 7.43. The number of carbonyl (C=O) groups excluding carboxylic acids is 1. The third-order valence-electron chi connectivity index (χ3n) is 5.09. The van der Waals surface area contributed by atoms with Crippen LogP contribution >= 0.6 is 23.4 Å². The van der Waals surface area contributed by atoms with Crippen LogP contribution in [-0.4, -0.2) is 42.3 Å². The van der Waals surface area contributed by atoms with E-state index >= 15 is 0 Å². The van der Waals surface area contributed by atoms with Crippen LogP contribution in [0, 0.1) is 5.82 Å². The number of alkyl halides is 3. The van der Waals surface area contributed by atoms with Crippen LogP contribution in [0.5, 0.6) is 0 Å². The van der Waals surface area contributed by atoms with Gasteiger partial charge in [0.1, 0.15) is 5.82 Å². The van der Waals surface area contributed by atoms with Crippen LogP contribution in [0.15, 0.2) is 47.5 Å². The van der Waals surface area contributed by atoms with Gasteiger partial charge in [-0.3, -0.25) is 4.79 Å². The molecular formula is C20H15ClF4N2O3S2. The Labute approximate surface area is 190 Å². The van der Waals surface area contributed by atoms with Gasteiger partial charge in [-0.2, -0.15) is 18.2 Å². The van der Waals surface area contributed by atoms with Crippen LogP contribution in [0.1, 0.15) is 11.1 Å². The average molecular weight is 507 g/mol. The number of carbonyl (C=O) groups is 1. The molecule has 2 fully saturated rings. The molecule has 2 aromatic rings. The molecule has 0 saturated carbocycles. The van der Waals surface area contributed by atoms with Gasteiger partial charge in [0.15, 0.2) is 15.0 Å². The number of hydrogen-bond acceptors (Lipinski definition) is 4. The van der Waals surface area contributed by atoms with Crippen LogP contribution in [0.25, 0.3) is 0 Å². The summed E-state index contributed by atoms with van der Waals surface area (Å²) in [6.45, 7) is 0. The number of nitrogens with zero attached hydrogens (tertiary/aromatic N) is 2. The molecule has 0 spiro atoms. The highest BCUT2D eigenvalue weighted by Crippen LogP contribution is 2.44. The van der Waals surface area contributed by atoms with Gasteiger partial charge in [0.05, 0.1) is 40.2 Å². The smallest absolute Gasteiger partial charge is 0.314 e. The number of aliphatic imine (C=N–C) groups is 1. The van der Waals surface area contributed by atoms with E-state index in [1.165, 1.54) is 29.2 Å². The largest absolute Gasteiger partial charge is 0.416 e. The maximum Gasteiger partial charge on any atom is 0.416 e. The number of rotatable bonds is 3. The summed E-state index contributed by atoms with van der Waals surface area (Å²) in [6.07, 6.45) is -4.79. The van der Waals surface area contributed by atoms with Crippen molar-refractivity contribution >= 4 is 50.0 Å². The van der Waals surface area contributed by atoms with Crippen LogP contribution in [0.2, 0.25) is 5.02 Å². The second kappa shape index (κ2) is 8.35. The number of amides is 1. The molecule has 2 heterocycles. The zero-order valence-electron chi connectivity index (χ0n) is 16.1. The standard InChI is InChI=1S/C20H15ClF4N2O3S2/c21-14-6-3-12(20(23,24)25)8-15(14)27-16-9-32(29,30)10-17(16)31-19(27)26-18(28)7-11-1-4-13(22)5-2-11/h1-6,8,16-17H,7,9-10H2/t16-,17+/m0/s1. The van der Waals surface area contributed by atoms with Gasteiger partial charge in [-0.15, -0.1) is 0 Å². The lowest BCUT2D eigenvalue weighted by Gasteiger charge is -2.26. The van der Waals surface area contributed by atoms with Gasteiger partial charge >= 0.3 is 6.18 Å². The van der Waals surface area contributed by atoms with Crippen molar-refractivity contribution in [3.05, 3.63) is 64.4 Å². The van der Waals surface area contributed by atoms with Crippen molar-refractivity contribution in [3.63, 3.8) is 0 Å². The van der Waals surface area contributed by atoms with Crippen molar-refractivity contribution in [1.82, 2.24) is 0 Å². The first-order valence-electron chi connectivity index (χ1n) is 9.32. The van der Waals surface area contributed by atoms with E-state index in [-0.39, 0.29) is 33.8 Å². The van der Waals surface area contributed by atoms with Crippen molar-refractivity contribution in [2.24, 2.45) is 4.99 Å². The molecule has 0 aliphatic carbocycles. The Morgan fingerprint density at radius 2 is 1.84 bits per heavy atom. The molecule has 1 amide bonds. The monoisotopic (exact) mass is 506 g/mol. The first-order valence-corrected chi connectivity index (χ1v) is 12.4. The van der Waals surface area contributed by atoms with Crippen molar-refractivity contribution in [2.75, 3.05) is 16.4 Å². The number of sulfone groups is 1. The number of anilines is 1. The maximum absolute atomic E-state index is 13.3. The summed E-state index contributed by atoms with van der Waals surface area (Å²) < 4.78 is 77.2. The van der Waals surface area contributed by atoms with Gasteiger partial charge in [-0.25, -0.2) is 12.8 Å². The summed E-state index contributed by atoms with van der Waals surface area (Å²) in [7, 11) is -3.41. The predicted octanol–water partition coefficient (Wildman–Crippen LogP) is 4.34. The first-order chi connectivity index (χ1) is 14.9. The van der Waals surface area contributed by atoms with Gasteiger partial charge in [-0.1, -0.05) is 35.5 Å². The van der Waals surface area contributed by atoms with Gasteiger partial charge in [0.25, 0.3) is 5.91 Å². The summed E-state index contributed by atoms with van der Waals surface area (Å²) in [5, 5.41) is -0.437. The van der Waals surface area contributed by atoms with Crippen molar-refractivity contribution < 1.29 is 30.8 Å². The Morgan fingerprint density at radius 3 is 2.50 bits per heavy atom.